The number of halogens is 1. The fourth-order valence-corrected chi connectivity index (χ4v) is 4.58. The predicted octanol–water partition coefficient (Wildman–Crippen LogP) is 2.87. The summed E-state index contributed by atoms with van der Waals surface area (Å²) in [6.07, 6.45) is 0.244. The maximum absolute atomic E-state index is 12.5. The number of thiophene rings is 1. The number of nitrogens with one attached hydrogen (secondary N) is 1. The van der Waals surface area contributed by atoms with Gasteiger partial charge in [0, 0.05) is 45.1 Å². The Labute approximate surface area is 196 Å². The lowest BCUT2D eigenvalue weighted by molar-refractivity contribution is -0.125. The van der Waals surface area contributed by atoms with Gasteiger partial charge < -0.3 is 24.6 Å². The zero-order valence-corrected chi connectivity index (χ0v) is 19.8. The molecule has 2 saturated heterocycles. The molecule has 0 aliphatic carbocycles. The Balaban J connectivity index is 0.000000913. The fraction of sp³-hybridized carbons (Fsp3) is 0.409. The van der Waals surface area contributed by atoms with Crippen LogP contribution in [0, 0.1) is 6.92 Å². The van der Waals surface area contributed by atoms with Crippen molar-refractivity contribution in [1.29, 1.82) is 0 Å². The molecule has 2 aliphatic heterocycles. The van der Waals surface area contributed by atoms with Gasteiger partial charge in [0.1, 0.15) is 6.61 Å². The van der Waals surface area contributed by atoms with Crippen molar-refractivity contribution in [3.05, 3.63) is 45.1 Å². The number of hydrogen-bond acceptors (Lipinski definition) is 6. The van der Waals surface area contributed by atoms with Gasteiger partial charge in [0.15, 0.2) is 0 Å². The van der Waals surface area contributed by atoms with Crippen LogP contribution in [0.25, 0.3) is 0 Å². The van der Waals surface area contributed by atoms with Crippen LogP contribution in [0.1, 0.15) is 21.7 Å². The summed E-state index contributed by atoms with van der Waals surface area (Å²) in [5.74, 6) is -0.339. The highest BCUT2D eigenvalue weighted by atomic mass is 35.5. The van der Waals surface area contributed by atoms with Crippen molar-refractivity contribution >= 4 is 52.0 Å². The second kappa shape index (κ2) is 10.9. The zero-order valence-electron chi connectivity index (χ0n) is 18.2. The van der Waals surface area contributed by atoms with E-state index in [-0.39, 0.29) is 36.8 Å². The lowest BCUT2D eigenvalue weighted by Gasteiger charge is -2.29. The third-order valence-corrected chi connectivity index (χ3v) is 6.26. The molecule has 0 spiro atoms. The summed E-state index contributed by atoms with van der Waals surface area (Å²) in [4.78, 5) is 40.9. The van der Waals surface area contributed by atoms with Gasteiger partial charge in [-0.15, -0.1) is 11.3 Å². The average molecular weight is 480 g/mol. The Hall–Kier alpha value is -2.46. The predicted molar refractivity (Wildman–Crippen MR) is 125 cm³/mol. The molecule has 4 rings (SSSR count). The van der Waals surface area contributed by atoms with Crippen LogP contribution in [0.3, 0.4) is 0 Å². The number of hydrogen-bond donors (Lipinski definition) is 1. The lowest BCUT2D eigenvalue weighted by Crippen LogP contribution is -2.42. The third-order valence-electron chi connectivity index (χ3n) is 5.03. The first-order valence-electron chi connectivity index (χ1n) is 10.1. The van der Waals surface area contributed by atoms with Gasteiger partial charge in [0.25, 0.3) is 11.8 Å². The number of nitrogens with zero attached hydrogens (tertiary/aromatic N) is 2. The van der Waals surface area contributed by atoms with Crippen molar-refractivity contribution in [3.8, 4) is 0 Å². The first kappa shape index (κ1) is 24.2. The van der Waals surface area contributed by atoms with E-state index in [0.29, 0.717) is 28.9 Å². The molecule has 1 N–H and O–H groups in total. The topological polar surface area (TPSA) is 88.2 Å². The highest BCUT2D eigenvalue weighted by Crippen LogP contribution is 2.29. The molecule has 1 unspecified atom stereocenters. The monoisotopic (exact) mass is 479 g/mol. The minimum absolute atomic E-state index is 0.0471. The maximum atomic E-state index is 12.5. The molecular formula is C22H26ClN3O5S. The van der Waals surface area contributed by atoms with E-state index in [4.69, 9.17) is 16.3 Å². The summed E-state index contributed by atoms with van der Waals surface area (Å²) in [5, 5.41) is 2.91. The standard InChI is InChI=1S/C20H20ClN3O4S.C2H6O/c1-12-8-14(2-3-15(12)23-6-7-28-11-19(23)26)24-10-13(9-18(24)25)22-20(27)16-4-5-17(21)29-16;1-3-2/h2-5,8,13H,6-7,9-11H2,1H3,(H,22,27);1-2H3. The van der Waals surface area contributed by atoms with E-state index in [0.717, 1.165) is 16.9 Å². The van der Waals surface area contributed by atoms with E-state index in [1.165, 1.54) is 11.3 Å². The number of carbonyl (C=O) groups is 3. The van der Waals surface area contributed by atoms with Crippen molar-refractivity contribution in [2.75, 3.05) is 50.3 Å². The molecule has 1 atom stereocenters. The summed E-state index contributed by atoms with van der Waals surface area (Å²) < 4.78 is 9.98. The van der Waals surface area contributed by atoms with Gasteiger partial charge in [-0.05, 0) is 42.8 Å². The molecule has 2 aromatic rings. The van der Waals surface area contributed by atoms with Crippen molar-refractivity contribution in [3.63, 3.8) is 0 Å². The summed E-state index contributed by atoms with van der Waals surface area (Å²) >= 11 is 7.09. The molecule has 0 bridgehead atoms. The van der Waals surface area contributed by atoms with Gasteiger partial charge in [-0.2, -0.15) is 0 Å². The second-order valence-corrected chi connectivity index (χ2v) is 9.17. The van der Waals surface area contributed by atoms with Crippen molar-refractivity contribution in [2.45, 2.75) is 19.4 Å². The molecule has 2 fully saturated rings. The molecule has 172 valence electrons. The smallest absolute Gasteiger partial charge is 0.261 e. The Kier molecular flexibility index (Phi) is 8.25. The Morgan fingerprint density at radius 3 is 2.56 bits per heavy atom. The molecule has 0 radical (unpaired) electrons. The van der Waals surface area contributed by atoms with E-state index in [1.807, 2.05) is 25.1 Å². The van der Waals surface area contributed by atoms with Crippen molar-refractivity contribution in [1.82, 2.24) is 5.32 Å². The average Bonchev–Trinajstić information content (AvgIpc) is 3.35. The number of ether oxygens (including phenoxy) is 2. The van der Waals surface area contributed by atoms with E-state index in [1.54, 1.807) is 36.2 Å². The number of rotatable bonds is 4. The highest BCUT2D eigenvalue weighted by molar-refractivity contribution is 7.18. The van der Waals surface area contributed by atoms with Gasteiger partial charge >= 0.3 is 0 Å². The normalized spacial score (nSPS) is 18.4. The number of amides is 3. The lowest BCUT2D eigenvalue weighted by atomic mass is 10.1. The summed E-state index contributed by atoms with van der Waals surface area (Å²) in [5.41, 5.74) is 2.49. The highest BCUT2D eigenvalue weighted by Gasteiger charge is 2.32. The molecule has 1 aromatic heterocycles. The third kappa shape index (κ3) is 5.66. The molecular weight excluding hydrogens is 454 g/mol. The number of anilines is 2. The number of aryl methyl sites for hydroxylation is 1. The van der Waals surface area contributed by atoms with Crippen molar-refractivity contribution < 1.29 is 23.9 Å². The Bertz CT molecular complexity index is 996. The minimum atomic E-state index is -0.267. The Morgan fingerprint density at radius 2 is 1.94 bits per heavy atom. The number of morpholine rings is 1. The van der Waals surface area contributed by atoms with Crippen LogP contribution in [0.15, 0.2) is 30.3 Å². The quantitative estimate of drug-likeness (QED) is 0.728. The first-order chi connectivity index (χ1) is 15.3. The van der Waals surface area contributed by atoms with Crippen LogP contribution >= 0.6 is 22.9 Å². The first-order valence-corrected chi connectivity index (χ1v) is 11.3. The van der Waals surface area contributed by atoms with Crippen LogP contribution in [0.4, 0.5) is 11.4 Å². The molecule has 8 nitrogen and oxygen atoms in total. The largest absolute Gasteiger partial charge is 0.388 e. The number of carbonyl (C=O) groups excluding carboxylic acids is 3. The van der Waals surface area contributed by atoms with Crippen LogP contribution < -0.4 is 15.1 Å². The van der Waals surface area contributed by atoms with Crippen LogP contribution in [0.5, 0.6) is 0 Å². The number of benzene rings is 1. The van der Waals surface area contributed by atoms with Crippen LogP contribution in [-0.2, 0) is 19.1 Å². The maximum Gasteiger partial charge on any atom is 0.261 e. The zero-order chi connectivity index (χ0) is 23.3. The molecule has 10 heteroatoms. The van der Waals surface area contributed by atoms with Crippen LogP contribution in [-0.4, -0.2) is 64.3 Å². The van der Waals surface area contributed by atoms with E-state index in [2.05, 4.69) is 10.1 Å². The molecule has 0 saturated carbocycles. The van der Waals surface area contributed by atoms with Gasteiger partial charge in [-0.3, -0.25) is 14.4 Å². The minimum Gasteiger partial charge on any atom is -0.388 e. The van der Waals surface area contributed by atoms with E-state index < -0.39 is 0 Å². The van der Waals surface area contributed by atoms with Gasteiger partial charge in [0.05, 0.1) is 21.9 Å². The number of methoxy groups -OCH3 is 1. The molecule has 3 amide bonds. The summed E-state index contributed by atoms with van der Waals surface area (Å²) in [6, 6.07) is 8.69. The summed E-state index contributed by atoms with van der Waals surface area (Å²) in [7, 11) is 3.25. The Morgan fingerprint density at radius 1 is 1.19 bits per heavy atom. The van der Waals surface area contributed by atoms with Gasteiger partial charge in [0.2, 0.25) is 5.91 Å². The molecule has 32 heavy (non-hydrogen) atoms. The fourth-order valence-electron chi connectivity index (χ4n) is 3.63. The summed E-state index contributed by atoms with van der Waals surface area (Å²) in [6.45, 7) is 3.43. The molecule has 3 heterocycles. The van der Waals surface area contributed by atoms with Gasteiger partial charge in [-0.1, -0.05) is 11.6 Å². The van der Waals surface area contributed by atoms with E-state index >= 15 is 0 Å². The SMILES string of the molecule is COC.Cc1cc(N2CC(NC(=O)c3ccc(Cl)s3)CC2=O)ccc1N1CCOCC1=O. The van der Waals surface area contributed by atoms with Crippen molar-refractivity contribution in [2.24, 2.45) is 0 Å². The second-order valence-electron chi connectivity index (χ2n) is 7.46. The molecule has 1 aromatic carbocycles. The molecule has 2 aliphatic rings. The van der Waals surface area contributed by atoms with E-state index in [9.17, 15) is 14.4 Å². The van der Waals surface area contributed by atoms with Crippen LogP contribution in [0.2, 0.25) is 4.34 Å². The van der Waals surface area contributed by atoms with Gasteiger partial charge in [-0.25, -0.2) is 0 Å².